The average Bonchev–Trinajstić information content (AvgIpc) is 2.55. The fraction of sp³-hybridized carbons (Fsp3) is 0.667. The highest BCUT2D eigenvalue weighted by molar-refractivity contribution is 5.83. The molecule has 5 nitrogen and oxygen atoms in total. The number of aromatic nitrogens is 2. The Hall–Kier alpha value is -1.52. The number of hydrogen-bond donors (Lipinski definition) is 1. The summed E-state index contributed by atoms with van der Waals surface area (Å²) >= 11 is 0. The van der Waals surface area contributed by atoms with Gasteiger partial charge in [-0.1, -0.05) is 25.4 Å². The van der Waals surface area contributed by atoms with E-state index in [-0.39, 0.29) is 6.10 Å². The zero-order valence-electron chi connectivity index (χ0n) is 11.0. The van der Waals surface area contributed by atoms with Crippen molar-refractivity contribution in [3.05, 3.63) is 11.3 Å². The van der Waals surface area contributed by atoms with Crippen LogP contribution in [0.5, 0.6) is 5.88 Å². The van der Waals surface area contributed by atoms with E-state index in [4.69, 9.17) is 9.94 Å². The number of aryl methyl sites for hydroxylation is 2. The Bertz CT molecular complexity index is 385. The first-order valence-corrected chi connectivity index (χ1v) is 6.01. The number of rotatable bonds is 6. The average molecular weight is 239 g/mol. The predicted octanol–water partition coefficient (Wildman–Crippen LogP) is 2.49. The summed E-state index contributed by atoms with van der Waals surface area (Å²) in [5, 5.41) is 16.0. The SMILES string of the molecule is CCCC(CC)Oc1c(C=NO)c(C)nn1C. The van der Waals surface area contributed by atoms with Crippen molar-refractivity contribution in [2.75, 3.05) is 0 Å². The fourth-order valence-electron chi connectivity index (χ4n) is 1.83. The van der Waals surface area contributed by atoms with Crippen LogP contribution in [0.1, 0.15) is 44.4 Å². The molecule has 17 heavy (non-hydrogen) atoms. The van der Waals surface area contributed by atoms with Gasteiger partial charge >= 0.3 is 0 Å². The topological polar surface area (TPSA) is 59.6 Å². The van der Waals surface area contributed by atoms with E-state index in [2.05, 4.69) is 24.1 Å². The molecule has 0 radical (unpaired) electrons. The highest BCUT2D eigenvalue weighted by Gasteiger charge is 2.16. The summed E-state index contributed by atoms with van der Waals surface area (Å²) < 4.78 is 7.62. The minimum absolute atomic E-state index is 0.181. The van der Waals surface area contributed by atoms with Crippen molar-refractivity contribution < 1.29 is 9.94 Å². The number of ether oxygens (including phenoxy) is 1. The van der Waals surface area contributed by atoms with Gasteiger partial charge in [0.05, 0.1) is 17.5 Å². The number of hydrogen-bond acceptors (Lipinski definition) is 4. The molecule has 0 amide bonds. The molecular weight excluding hydrogens is 218 g/mol. The van der Waals surface area contributed by atoms with Crippen LogP contribution >= 0.6 is 0 Å². The highest BCUT2D eigenvalue weighted by Crippen LogP contribution is 2.22. The first kappa shape index (κ1) is 13.5. The minimum Gasteiger partial charge on any atom is -0.474 e. The van der Waals surface area contributed by atoms with Gasteiger partial charge in [-0.05, 0) is 19.8 Å². The standard InChI is InChI=1S/C12H21N3O2/c1-5-7-10(6-2)17-12-11(8-13-16)9(3)14-15(12)4/h8,10,16H,5-7H2,1-4H3. The zero-order valence-corrected chi connectivity index (χ0v) is 11.0. The Morgan fingerprint density at radius 3 is 2.76 bits per heavy atom. The molecule has 1 aromatic rings. The third-order valence-electron chi connectivity index (χ3n) is 2.75. The maximum absolute atomic E-state index is 8.65. The second kappa shape index (κ2) is 6.27. The molecule has 96 valence electrons. The van der Waals surface area contributed by atoms with Gasteiger partial charge in [0, 0.05) is 7.05 Å². The third kappa shape index (κ3) is 3.22. The minimum atomic E-state index is 0.181. The van der Waals surface area contributed by atoms with Crippen LogP contribution in [0.15, 0.2) is 5.16 Å². The van der Waals surface area contributed by atoms with Gasteiger partial charge in [-0.25, -0.2) is 4.68 Å². The number of nitrogens with zero attached hydrogens (tertiary/aromatic N) is 3. The Morgan fingerprint density at radius 2 is 2.24 bits per heavy atom. The largest absolute Gasteiger partial charge is 0.474 e. The Labute approximate surface area is 102 Å². The van der Waals surface area contributed by atoms with E-state index in [1.54, 1.807) is 4.68 Å². The van der Waals surface area contributed by atoms with E-state index in [0.29, 0.717) is 5.88 Å². The van der Waals surface area contributed by atoms with E-state index in [1.165, 1.54) is 6.21 Å². The molecular formula is C12H21N3O2. The molecule has 1 aromatic heterocycles. The molecule has 0 saturated carbocycles. The summed E-state index contributed by atoms with van der Waals surface area (Å²) in [7, 11) is 1.83. The van der Waals surface area contributed by atoms with Crippen molar-refractivity contribution in [3.63, 3.8) is 0 Å². The Kier molecular flexibility index (Phi) is 5.00. The van der Waals surface area contributed by atoms with Crippen LogP contribution in [0, 0.1) is 6.92 Å². The maximum atomic E-state index is 8.65. The summed E-state index contributed by atoms with van der Waals surface area (Å²) in [4.78, 5) is 0. The molecule has 1 heterocycles. The van der Waals surface area contributed by atoms with Gasteiger partial charge < -0.3 is 9.94 Å². The van der Waals surface area contributed by atoms with Crippen LogP contribution in [-0.2, 0) is 7.05 Å². The van der Waals surface area contributed by atoms with Gasteiger partial charge in [0.15, 0.2) is 0 Å². The second-order valence-electron chi connectivity index (χ2n) is 4.11. The third-order valence-corrected chi connectivity index (χ3v) is 2.75. The molecule has 1 unspecified atom stereocenters. The van der Waals surface area contributed by atoms with Crippen LogP contribution in [0.3, 0.4) is 0 Å². The Balaban J connectivity index is 2.95. The van der Waals surface area contributed by atoms with Crippen molar-refractivity contribution in [2.24, 2.45) is 12.2 Å². The molecule has 1 atom stereocenters. The lowest BCUT2D eigenvalue weighted by molar-refractivity contribution is 0.170. The van der Waals surface area contributed by atoms with Crippen molar-refractivity contribution in [1.82, 2.24) is 9.78 Å². The van der Waals surface area contributed by atoms with Crippen LogP contribution in [0.4, 0.5) is 0 Å². The lowest BCUT2D eigenvalue weighted by Gasteiger charge is -2.17. The van der Waals surface area contributed by atoms with Crippen molar-refractivity contribution >= 4 is 6.21 Å². The highest BCUT2D eigenvalue weighted by atomic mass is 16.5. The molecule has 5 heteroatoms. The van der Waals surface area contributed by atoms with E-state index >= 15 is 0 Å². The van der Waals surface area contributed by atoms with Gasteiger partial charge in [0.2, 0.25) is 5.88 Å². The van der Waals surface area contributed by atoms with Crippen molar-refractivity contribution in [1.29, 1.82) is 0 Å². The smallest absolute Gasteiger partial charge is 0.221 e. The summed E-state index contributed by atoms with van der Waals surface area (Å²) in [6.45, 7) is 6.10. The van der Waals surface area contributed by atoms with Gasteiger partial charge in [-0.2, -0.15) is 5.10 Å². The molecule has 0 fully saturated rings. The van der Waals surface area contributed by atoms with Crippen molar-refractivity contribution in [3.8, 4) is 5.88 Å². The van der Waals surface area contributed by atoms with Crippen LogP contribution < -0.4 is 4.74 Å². The lowest BCUT2D eigenvalue weighted by Crippen LogP contribution is -2.17. The van der Waals surface area contributed by atoms with Gasteiger partial charge in [-0.15, -0.1) is 0 Å². The molecule has 0 aliphatic carbocycles. The first-order chi connectivity index (χ1) is 8.13. The fourth-order valence-corrected chi connectivity index (χ4v) is 1.83. The van der Waals surface area contributed by atoms with E-state index in [9.17, 15) is 0 Å². The molecule has 1 rings (SSSR count). The van der Waals surface area contributed by atoms with Crippen LogP contribution in [-0.4, -0.2) is 27.3 Å². The monoisotopic (exact) mass is 239 g/mol. The van der Waals surface area contributed by atoms with E-state index in [0.717, 1.165) is 30.5 Å². The van der Waals surface area contributed by atoms with Crippen LogP contribution in [0.2, 0.25) is 0 Å². The second-order valence-corrected chi connectivity index (χ2v) is 4.11. The molecule has 0 bridgehead atoms. The summed E-state index contributed by atoms with van der Waals surface area (Å²) in [6, 6.07) is 0. The molecule has 0 aliphatic heterocycles. The van der Waals surface area contributed by atoms with Gasteiger partial charge in [0.25, 0.3) is 0 Å². The Morgan fingerprint density at radius 1 is 1.53 bits per heavy atom. The normalized spacial score (nSPS) is 13.2. The van der Waals surface area contributed by atoms with E-state index in [1.807, 2.05) is 14.0 Å². The first-order valence-electron chi connectivity index (χ1n) is 6.01. The van der Waals surface area contributed by atoms with Crippen LogP contribution in [0.25, 0.3) is 0 Å². The quantitative estimate of drug-likeness (QED) is 0.471. The summed E-state index contributed by atoms with van der Waals surface area (Å²) in [6.07, 6.45) is 4.60. The van der Waals surface area contributed by atoms with Crippen molar-refractivity contribution in [2.45, 2.75) is 46.1 Å². The van der Waals surface area contributed by atoms with E-state index < -0.39 is 0 Å². The number of oxime groups is 1. The van der Waals surface area contributed by atoms with Gasteiger partial charge in [0.1, 0.15) is 6.10 Å². The maximum Gasteiger partial charge on any atom is 0.221 e. The lowest BCUT2D eigenvalue weighted by atomic mass is 10.1. The zero-order chi connectivity index (χ0) is 12.8. The molecule has 0 saturated heterocycles. The van der Waals surface area contributed by atoms with Gasteiger partial charge in [-0.3, -0.25) is 0 Å². The molecule has 0 aliphatic rings. The molecule has 0 aromatic carbocycles. The summed E-state index contributed by atoms with van der Waals surface area (Å²) in [5.74, 6) is 0.667. The molecule has 1 N–H and O–H groups in total. The molecule has 0 spiro atoms. The summed E-state index contributed by atoms with van der Waals surface area (Å²) in [5.41, 5.74) is 1.54. The predicted molar refractivity (Wildman–Crippen MR) is 66.9 cm³/mol.